The van der Waals surface area contributed by atoms with Gasteiger partial charge >= 0.3 is 64.5 Å². The normalized spacial score (nSPS) is 12.0. The van der Waals surface area contributed by atoms with Crippen LogP contribution in [0.2, 0.25) is 5.82 Å². The van der Waals surface area contributed by atoms with Crippen LogP contribution in [0.3, 0.4) is 0 Å². The van der Waals surface area contributed by atoms with E-state index in [9.17, 15) is 8.63 Å². The first kappa shape index (κ1) is 47.2. The van der Waals surface area contributed by atoms with Crippen LogP contribution in [0.25, 0.3) is 4.85 Å². The molecule has 2 aliphatic carbocycles. The molecule has 0 unspecified atom stereocenters. The first-order valence-corrected chi connectivity index (χ1v) is 16.5. The Morgan fingerprint density at radius 1 is 0.898 bits per heavy atom. The molecule has 19 heteroatoms. The number of rotatable bonds is 5. The molecule has 4 aromatic heterocycles. The molecule has 4 aromatic rings. The summed E-state index contributed by atoms with van der Waals surface area (Å²) in [5.41, 5.74) is 7.62. The van der Waals surface area contributed by atoms with Crippen LogP contribution in [0.1, 0.15) is 42.9 Å². The summed E-state index contributed by atoms with van der Waals surface area (Å²) >= 11 is 8.18. The largest absolute Gasteiger partial charge is 1.00 e. The van der Waals surface area contributed by atoms with Crippen molar-refractivity contribution in [2.75, 3.05) is 14.2 Å². The van der Waals surface area contributed by atoms with Crippen molar-refractivity contribution in [2.45, 2.75) is 44.0 Å². The van der Waals surface area contributed by atoms with Crippen LogP contribution in [0.4, 0.5) is 14.4 Å². The molecule has 0 bridgehead atoms. The molecule has 11 nitrogen and oxygen atoms in total. The van der Waals surface area contributed by atoms with Gasteiger partial charge in [-0.15, -0.1) is 0 Å². The zero-order valence-corrected chi connectivity index (χ0v) is 35.2. The average Bonchev–Trinajstić information content (AvgIpc) is 3.99. The van der Waals surface area contributed by atoms with Gasteiger partial charge in [0.15, 0.2) is 0 Å². The van der Waals surface area contributed by atoms with Gasteiger partial charge in [0.2, 0.25) is 11.6 Å². The first-order valence-electron chi connectivity index (χ1n) is 13.9. The van der Waals surface area contributed by atoms with Crippen LogP contribution >= 0.6 is 54.5 Å². The fourth-order valence-electron chi connectivity index (χ4n) is 3.24. The summed E-state index contributed by atoms with van der Waals surface area (Å²) in [5, 5.41) is 26.8. The second-order valence-electron chi connectivity index (χ2n) is 9.62. The minimum Gasteiger partial charge on any atom is -1.00 e. The number of hydrogen-bond acceptors (Lipinski definition) is 10. The maximum Gasteiger partial charge on any atom is 1.00 e. The zero-order valence-electron chi connectivity index (χ0n) is 26.7. The van der Waals surface area contributed by atoms with Gasteiger partial charge < -0.3 is 40.1 Å². The molecule has 2 fully saturated rings. The van der Waals surface area contributed by atoms with Gasteiger partial charge in [-0.1, -0.05) is 30.5 Å². The maximum atomic E-state index is 11.2. The van der Waals surface area contributed by atoms with Gasteiger partial charge in [-0.25, -0.2) is 15.0 Å². The monoisotopic (exact) mass is 948 g/mol. The fraction of sp³-hybridized carbons (Fsp3) is 0.300. The van der Waals surface area contributed by atoms with Gasteiger partial charge in [0.1, 0.15) is 24.4 Å². The first-order chi connectivity index (χ1) is 22.4. The molecule has 0 atom stereocenters. The number of methoxy groups -OCH3 is 2. The van der Waals surface area contributed by atoms with E-state index in [1.165, 1.54) is 37.6 Å². The van der Waals surface area contributed by atoms with Crippen molar-refractivity contribution in [3.8, 4) is 29.0 Å². The SMILES string of the molecule is COc1nc(CN)ccc1C1CC1.FB(F)C1CC1.Oc1ccc(I)nc1Br.Oc1cccnc1Br.[C-]#[N+]c1ccc(O)c(OC)n1.[F-].[K+]. The van der Waals surface area contributed by atoms with E-state index in [1.807, 2.05) is 6.07 Å². The number of halogens is 6. The average molecular weight is 950 g/mol. The Bertz CT molecular complexity index is 1610. The van der Waals surface area contributed by atoms with E-state index in [0.29, 0.717) is 21.7 Å². The van der Waals surface area contributed by atoms with Gasteiger partial charge in [-0.05, 0) is 116 Å². The van der Waals surface area contributed by atoms with Gasteiger partial charge in [0, 0.05) is 24.1 Å². The van der Waals surface area contributed by atoms with Crippen molar-refractivity contribution in [1.29, 1.82) is 0 Å². The van der Waals surface area contributed by atoms with E-state index in [0.717, 1.165) is 28.1 Å². The predicted octanol–water partition coefficient (Wildman–Crippen LogP) is 2.06. The Morgan fingerprint density at radius 3 is 1.92 bits per heavy atom. The van der Waals surface area contributed by atoms with Gasteiger partial charge in [-0.2, -0.15) is 0 Å². The predicted molar refractivity (Wildman–Crippen MR) is 190 cm³/mol. The Balaban J connectivity index is 0.000000594. The van der Waals surface area contributed by atoms with Crippen LogP contribution in [0.15, 0.2) is 63.9 Å². The third-order valence-corrected chi connectivity index (χ3v) is 7.81. The van der Waals surface area contributed by atoms with Gasteiger partial charge in [-0.3, -0.25) is 8.63 Å². The summed E-state index contributed by atoms with van der Waals surface area (Å²) < 4.78 is 34.2. The van der Waals surface area contributed by atoms with Crippen molar-refractivity contribution in [2.24, 2.45) is 5.73 Å². The summed E-state index contributed by atoms with van der Waals surface area (Å²) in [6.07, 6.45) is 5.62. The minimum atomic E-state index is -2.04. The number of hydrogen-bond donors (Lipinski definition) is 4. The molecule has 5 N–H and O–H groups in total. The van der Waals surface area contributed by atoms with Crippen LogP contribution in [0, 0.1) is 10.3 Å². The summed E-state index contributed by atoms with van der Waals surface area (Å²) in [7, 11) is 1.01. The number of ether oxygens (including phenoxy) is 2. The summed E-state index contributed by atoms with van der Waals surface area (Å²) in [6.45, 7) is 7.08. The van der Waals surface area contributed by atoms with Crippen LogP contribution in [-0.4, -0.2) is 56.7 Å². The molecular formula is C30H32BBr2F3IKN6O5. The third-order valence-electron chi connectivity index (χ3n) is 6.01. The molecule has 49 heavy (non-hydrogen) atoms. The smallest absolute Gasteiger partial charge is 1.00 e. The number of pyridine rings is 4. The number of aromatic nitrogens is 4. The molecule has 2 saturated carbocycles. The second kappa shape index (κ2) is 25.2. The van der Waals surface area contributed by atoms with Crippen molar-refractivity contribution in [3.63, 3.8) is 0 Å². The van der Waals surface area contributed by atoms with Gasteiger partial charge in [0.25, 0.3) is 5.82 Å². The molecule has 4 heterocycles. The summed E-state index contributed by atoms with van der Waals surface area (Å²) in [4.78, 5) is 18.7. The molecule has 0 aliphatic heterocycles. The molecule has 0 saturated heterocycles. The Kier molecular flexibility index (Phi) is 24.3. The standard InChI is InChI=1S/C10H14N2O.C7H6N2O2.C5H3BrINO.C5H4BrNO.C3H5BF2.FH.K/c1-13-10-9(7-2-3-7)5-4-8(6-11)12-10;1-8-6-4-3-5(10)7(9-6)11-2;6-5-3(9)1-2-4(7)8-5;6-5-4(8)2-1-3-7-5;5-4(6)3-1-2-3;;/h4-5,7H,2-3,6,11H2,1H3;3-4,10H,2H3;1-2,9H;1-3,8H;3H,1-2H2;1H;/q;;;;;;+1/p-1. The van der Waals surface area contributed by atoms with Crippen molar-refractivity contribution >= 4 is 67.5 Å². The van der Waals surface area contributed by atoms with E-state index in [1.54, 1.807) is 37.6 Å². The third kappa shape index (κ3) is 18.3. The Morgan fingerprint density at radius 2 is 1.51 bits per heavy atom. The summed E-state index contributed by atoms with van der Waals surface area (Å²) in [6, 6.07) is 13.4. The quantitative estimate of drug-likeness (QED) is 0.101. The summed E-state index contributed by atoms with van der Waals surface area (Å²) in [5.74, 6) is 1.78. The molecular weight excluding hydrogens is 918 g/mol. The van der Waals surface area contributed by atoms with E-state index < -0.39 is 7.27 Å². The number of nitrogens with two attached hydrogens (primary N) is 1. The van der Waals surface area contributed by atoms with Crippen LogP contribution in [-0.2, 0) is 6.54 Å². The van der Waals surface area contributed by atoms with E-state index in [4.69, 9.17) is 32.4 Å². The Hall–Kier alpha value is -1.77. The van der Waals surface area contributed by atoms with Crippen LogP contribution < -0.4 is 71.3 Å². The van der Waals surface area contributed by atoms with E-state index >= 15 is 0 Å². The van der Waals surface area contributed by atoms with Crippen molar-refractivity contribution in [3.05, 3.63) is 90.3 Å². The van der Waals surface area contributed by atoms with Gasteiger partial charge in [0.05, 0.1) is 19.9 Å². The maximum absolute atomic E-state index is 11.2. The van der Waals surface area contributed by atoms with Crippen LogP contribution in [0.5, 0.6) is 29.0 Å². The van der Waals surface area contributed by atoms with Crippen molar-refractivity contribution in [1.82, 2.24) is 19.9 Å². The number of aromatic hydroxyl groups is 3. The minimum absolute atomic E-state index is 0. The molecule has 2 aliphatic rings. The number of nitrogens with zero attached hydrogens (tertiary/aromatic N) is 5. The zero-order chi connectivity index (χ0) is 34.9. The molecule has 0 aromatic carbocycles. The Labute approximate surface area is 356 Å². The topological polar surface area (TPSA) is 161 Å². The molecule has 6 rings (SSSR count). The van der Waals surface area contributed by atoms with Crippen molar-refractivity contribution < 1.29 is 89.5 Å². The van der Waals surface area contributed by atoms with E-state index in [-0.39, 0.29) is 90.9 Å². The van der Waals surface area contributed by atoms with E-state index in [2.05, 4.69) is 90.0 Å². The fourth-order valence-corrected chi connectivity index (χ4v) is 4.56. The second-order valence-corrected chi connectivity index (χ2v) is 12.2. The molecule has 0 amide bonds. The molecule has 258 valence electrons. The molecule has 0 spiro atoms. The molecule has 0 radical (unpaired) electrons.